The van der Waals surface area contributed by atoms with E-state index in [9.17, 15) is 14.9 Å². The highest BCUT2D eigenvalue weighted by molar-refractivity contribution is 7.17. The molecule has 0 aliphatic carbocycles. The Labute approximate surface area is 128 Å². The molecule has 1 aromatic carbocycles. The maximum Gasteiger partial charge on any atom is 0.349 e. The fourth-order valence-corrected chi connectivity index (χ4v) is 2.78. The quantitative estimate of drug-likeness (QED) is 0.658. The summed E-state index contributed by atoms with van der Waals surface area (Å²) in [6, 6.07) is 8.08. The van der Waals surface area contributed by atoms with E-state index in [1.807, 2.05) is 0 Å². The van der Waals surface area contributed by atoms with Crippen LogP contribution in [0.3, 0.4) is 0 Å². The van der Waals surface area contributed by atoms with Crippen molar-refractivity contribution in [2.24, 2.45) is 0 Å². The van der Waals surface area contributed by atoms with Gasteiger partial charge in [-0.2, -0.15) is 0 Å². The van der Waals surface area contributed by atoms with Crippen molar-refractivity contribution in [2.45, 2.75) is 13.0 Å². The van der Waals surface area contributed by atoms with E-state index in [-0.39, 0.29) is 15.6 Å². The van der Waals surface area contributed by atoms with Gasteiger partial charge in [0.05, 0.1) is 11.0 Å². The Morgan fingerprint density at radius 2 is 2.14 bits per heavy atom. The Hall–Kier alpha value is -2.12. The minimum atomic E-state index is -1.27. The zero-order valence-electron chi connectivity index (χ0n) is 10.8. The highest BCUT2D eigenvalue weighted by Crippen LogP contribution is 2.37. The molecule has 0 bridgehead atoms. The van der Waals surface area contributed by atoms with Crippen molar-refractivity contribution in [3.63, 3.8) is 0 Å². The standard InChI is InChI=1S/C13H10ClNO5S/c1-7(8-4-2-3-5-9(8)14)20-10-6-11(15(18)19)21-12(10)13(16)17/h2-7H,1H3,(H,16,17)/t7-/m1/s1. The van der Waals surface area contributed by atoms with Gasteiger partial charge in [0.2, 0.25) is 0 Å². The monoisotopic (exact) mass is 327 g/mol. The molecule has 1 aromatic heterocycles. The molecule has 0 aliphatic heterocycles. The summed E-state index contributed by atoms with van der Waals surface area (Å²) in [4.78, 5) is 21.0. The number of rotatable bonds is 5. The van der Waals surface area contributed by atoms with Crippen molar-refractivity contribution in [3.8, 4) is 5.75 Å². The summed E-state index contributed by atoms with van der Waals surface area (Å²) in [5.41, 5.74) is 0.671. The maximum atomic E-state index is 11.1. The zero-order chi connectivity index (χ0) is 15.6. The molecular formula is C13H10ClNO5S. The van der Waals surface area contributed by atoms with Crippen LogP contribution in [-0.4, -0.2) is 16.0 Å². The van der Waals surface area contributed by atoms with Gasteiger partial charge in [0.25, 0.3) is 0 Å². The van der Waals surface area contributed by atoms with E-state index < -0.39 is 17.0 Å². The Morgan fingerprint density at radius 1 is 1.48 bits per heavy atom. The largest absolute Gasteiger partial charge is 0.484 e. The van der Waals surface area contributed by atoms with Crippen molar-refractivity contribution in [1.82, 2.24) is 0 Å². The van der Waals surface area contributed by atoms with E-state index in [0.717, 1.165) is 6.07 Å². The lowest BCUT2D eigenvalue weighted by atomic mass is 10.1. The smallest absolute Gasteiger partial charge is 0.349 e. The lowest BCUT2D eigenvalue weighted by Crippen LogP contribution is -2.06. The van der Waals surface area contributed by atoms with Crippen LogP contribution in [0.5, 0.6) is 5.75 Å². The zero-order valence-corrected chi connectivity index (χ0v) is 12.4. The first-order valence-electron chi connectivity index (χ1n) is 5.82. The number of hydrogen-bond acceptors (Lipinski definition) is 5. The Balaban J connectivity index is 2.32. The average Bonchev–Trinajstić information content (AvgIpc) is 2.83. The van der Waals surface area contributed by atoms with E-state index in [1.54, 1.807) is 31.2 Å². The van der Waals surface area contributed by atoms with Crippen molar-refractivity contribution < 1.29 is 19.6 Å². The lowest BCUT2D eigenvalue weighted by Gasteiger charge is -2.15. The molecule has 21 heavy (non-hydrogen) atoms. The van der Waals surface area contributed by atoms with E-state index in [4.69, 9.17) is 21.4 Å². The Kier molecular flexibility index (Phi) is 4.44. The second-order valence-corrected chi connectivity index (χ2v) is 5.56. The van der Waals surface area contributed by atoms with Gasteiger partial charge in [0.1, 0.15) is 6.10 Å². The highest BCUT2D eigenvalue weighted by Gasteiger charge is 2.24. The molecule has 0 amide bonds. The first-order chi connectivity index (χ1) is 9.90. The van der Waals surface area contributed by atoms with Crippen molar-refractivity contribution >= 4 is 33.9 Å². The molecule has 0 spiro atoms. The van der Waals surface area contributed by atoms with Gasteiger partial charge in [-0.3, -0.25) is 10.1 Å². The second-order valence-electron chi connectivity index (χ2n) is 4.12. The molecule has 110 valence electrons. The molecule has 1 N–H and O–H groups in total. The van der Waals surface area contributed by atoms with Crippen LogP contribution >= 0.6 is 22.9 Å². The molecule has 0 unspecified atom stereocenters. The van der Waals surface area contributed by atoms with Crippen molar-refractivity contribution in [3.05, 3.63) is 55.9 Å². The van der Waals surface area contributed by atoms with E-state index >= 15 is 0 Å². The van der Waals surface area contributed by atoms with Gasteiger partial charge in [-0.05, 0) is 13.0 Å². The van der Waals surface area contributed by atoms with Gasteiger partial charge >= 0.3 is 11.0 Å². The van der Waals surface area contributed by atoms with Gasteiger partial charge in [-0.1, -0.05) is 41.1 Å². The molecule has 2 rings (SSSR count). The molecule has 6 nitrogen and oxygen atoms in total. The second kappa shape index (κ2) is 6.11. The van der Waals surface area contributed by atoms with Crippen molar-refractivity contribution in [1.29, 1.82) is 0 Å². The topological polar surface area (TPSA) is 89.7 Å². The van der Waals surface area contributed by atoms with Crippen LogP contribution in [0.4, 0.5) is 5.00 Å². The third-order valence-electron chi connectivity index (χ3n) is 2.71. The molecule has 2 aromatic rings. The molecule has 0 saturated heterocycles. The first kappa shape index (κ1) is 15.3. The summed E-state index contributed by atoms with van der Waals surface area (Å²) in [5.74, 6) is -1.30. The van der Waals surface area contributed by atoms with Gasteiger partial charge in [0.15, 0.2) is 10.6 Å². The Morgan fingerprint density at radius 3 is 2.71 bits per heavy atom. The first-order valence-corrected chi connectivity index (χ1v) is 7.02. The maximum absolute atomic E-state index is 11.1. The summed E-state index contributed by atoms with van der Waals surface area (Å²) in [5, 5.41) is 20.0. The number of thiophene rings is 1. The van der Waals surface area contributed by atoms with Crippen LogP contribution < -0.4 is 4.74 Å². The molecular weight excluding hydrogens is 318 g/mol. The number of ether oxygens (including phenoxy) is 1. The van der Waals surface area contributed by atoms with Crippen LogP contribution in [0.2, 0.25) is 5.02 Å². The molecule has 1 atom stereocenters. The number of hydrogen-bond donors (Lipinski definition) is 1. The molecule has 0 saturated carbocycles. The predicted molar refractivity (Wildman–Crippen MR) is 78.4 cm³/mol. The number of benzene rings is 1. The average molecular weight is 328 g/mol. The van der Waals surface area contributed by atoms with Crippen molar-refractivity contribution in [2.75, 3.05) is 0 Å². The minimum Gasteiger partial charge on any atom is -0.484 e. The molecule has 0 radical (unpaired) electrons. The van der Waals surface area contributed by atoms with Gasteiger partial charge in [-0.25, -0.2) is 4.79 Å². The molecule has 8 heteroatoms. The summed E-state index contributed by atoms with van der Waals surface area (Å²) in [7, 11) is 0. The van der Waals surface area contributed by atoms with Crippen LogP contribution in [0.25, 0.3) is 0 Å². The fraction of sp³-hybridized carbons (Fsp3) is 0.154. The minimum absolute atomic E-state index is 0.0355. The van der Waals surface area contributed by atoms with Crippen LogP contribution in [0, 0.1) is 10.1 Å². The van der Waals surface area contributed by atoms with Crippen LogP contribution in [0.1, 0.15) is 28.3 Å². The number of aromatic carboxylic acids is 1. The third-order valence-corrected chi connectivity index (χ3v) is 4.11. The highest BCUT2D eigenvalue weighted by atomic mass is 35.5. The normalized spacial score (nSPS) is 11.9. The fourth-order valence-electron chi connectivity index (χ4n) is 1.75. The predicted octanol–water partition coefficient (Wildman–Crippen LogP) is 4.15. The number of carboxylic acid groups (broad SMARTS) is 1. The SMILES string of the molecule is C[C@@H](Oc1cc([N+](=O)[O-])sc1C(=O)O)c1ccccc1Cl. The van der Waals surface area contributed by atoms with E-state index in [1.165, 1.54) is 0 Å². The molecule has 0 aliphatic rings. The summed E-state index contributed by atoms with van der Waals surface area (Å²) < 4.78 is 5.55. The number of nitrogens with zero attached hydrogens (tertiary/aromatic N) is 1. The summed E-state index contributed by atoms with van der Waals surface area (Å²) in [6.07, 6.45) is -0.536. The molecule has 0 fully saturated rings. The number of carboxylic acids is 1. The van der Waals surface area contributed by atoms with E-state index in [2.05, 4.69) is 0 Å². The number of halogens is 1. The number of nitro groups is 1. The van der Waals surface area contributed by atoms with Gasteiger partial charge < -0.3 is 9.84 Å². The van der Waals surface area contributed by atoms with Gasteiger partial charge in [-0.15, -0.1) is 0 Å². The van der Waals surface area contributed by atoms with Gasteiger partial charge in [0, 0.05) is 10.6 Å². The lowest BCUT2D eigenvalue weighted by molar-refractivity contribution is -0.380. The Bertz CT molecular complexity index is 700. The summed E-state index contributed by atoms with van der Waals surface area (Å²) >= 11 is 6.60. The van der Waals surface area contributed by atoms with Crippen LogP contribution in [-0.2, 0) is 0 Å². The third kappa shape index (κ3) is 3.32. The number of carbonyl (C=O) groups is 1. The van der Waals surface area contributed by atoms with E-state index in [0.29, 0.717) is 21.9 Å². The van der Waals surface area contributed by atoms with Crippen LogP contribution in [0.15, 0.2) is 30.3 Å². The molecule has 1 heterocycles. The summed E-state index contributed by atoms with van der Waals surface area (Å²) in [6.45, 7) is 1.69.